The Balaban J connectivity index is 2.00. The number of ether oxygens (including phenoxy) is 1. The zero-order valence-electron chi connectivity index (χ0n) is 11.4. The van der Waals surface area contributed by atoms with Gasteiger partial charge >= 0.3 is 0 Å². The maximum absolute atomic E-state index is 6.03. The maximum Gasteiger partial charge on any atom is 0.183 e. The molecule has 1 unspecified atom stereocenters. The lowest BCUT2D eigenvalue weighted by Crippen LogP contribution is -2.34. The third-order valence-corrected chi connectivity index (χ3v) is 5.28. The number of benzene rings is 1. The fourth-order valence-electron chi connectivity index (χ4n) is 2.60. The highest BCUT2D eigenvalue weighted by atomic mass is 79.9. The lowest BCUT2D eigenvalue weighted by molar-refractivity contribution is 0.322. The molecule has 2 heterocycles. The fraction of sp³-hybridized carbons (Fsp3) is 0.333. The highest BCUT2D eigenvalue weighted by Crippen LogP contribution is 2.38. The molecule has 3 rings (SSSR count). The summed E-state index contributed by atoms with van der Waals surface area (Å²) in [6, 6.07) is 10.0. The van der Waals surface area contributed by atoms with Gasteiger partial charge in [0.15, 0.2) is 4.67 Å². The van der Waals surface area contributed by atoms with E-state index in [-0.39, 0.29) is 6.04 Å². The predicted molar refractivity (Wildman–Crippen MR) is 89.8 cm³/mol. The second kappa shape index (κ2) is 6.42. The Morgan fingerprint density at radius 1 is 1.29 bits per heavy atom. The van der Waals surface area contributed by atoms with Gasteiger partial charge in [0.05, 0.1) is 22.8 Å². The van der Waals surface area contributed by atoms with E-state index in [1.807, 2.05) is 24.3 Å². The first-order valence-electron chi connectivity index (χ1n) is 6.84. The molecule has 1 atom stereocenters. The van der Waals surface area contributed by atoms with Gasteiger partial charge in [0, 0.05) is 13.1 Å². The van der Waals surface area contributed by atoms with E-state index in [4.69, 9.17) is 14.9 Å². The molecule has 0 fully saturated rings. The second-order valence-electron chi connectivity index (χ2n) is 4.89. The van der Waals surface area contributed by atoms with Crippen LogP contribution in [-0.4, -0.2) is 19.7 Å². The van der Waals surface area contributed by atoms with Gasteiger partial charge in [-0.05, 0) is 56.5 Å². The van der Waals surface area contributed by atoms with E-state index in [2.05, 4.69) is 42.8 Å². The molecule has 6 heteroatoms. The van der Waals surface area contributed by atoms with Crippen LogP contribution in [-0.2, 0) is 0 Å². The summed E-state index contributed by atoms with van der Waals surface area (Å²) in [6.07, 6.45) is 0.953. The van der Waals surface area contributed by atoms with Crippen LogP contribution in [0, 0.1) is 0 Å². The van der Waals surface area contributed by atoms with Crippen molar-refractivity contribution in [2.24, 2.45) is 5.73 Å². The summed E-state index contributed by atoms with van der Waals surface area (Å²) in [4.78, 5) is 2.26. The standard InChI is InChI=1S/C15H16Br2N2O2/c16-10-8-14(21-15(10)17)12(9-18)19-6-3-7-20-13-5-2-1-4-11(13)19/h1-2,4-5,8,12H,3,6-7,9,18H2. The predicted octanol–water partition coefficient (Wildman–Crippen LogP) is 4.09. The van der Waals surface area contributed by atoms with Crippen LogP contribution < -0.4 is 15.4 Å². The number of anilines is 1. The number of fused-ring (bicyclic) bond motifs is 1. The lowest BCUT2D eigenvalue weighted by Gasteiger charge is -2.30. The number of nitrogens with two attached hydrogens (primary N) is 1. The molecule has 0 saturated heterocycles. The Morgan fingerprint density at radius 3 is 2.81 bits per heavy atom. The quantitative estimate of drug-likeness (QED) is 0.819. The summed E-state index contributed by atoms with van der Waals surface area (Å²) in [7, 11) is 0. The van der Waals surface area contributed by atoms with Crippen molar-refractivity contribution in [3.63, 3.8) is 0 Å². The van der Waals surface area contributed by atoms with E-state index in [1.54, 1.807) is 0 Å². The lowest BCUT2D eigenvalue weighted by atomic mass is 10.1. The van der Waals surface area contributed by atoms with Crippen molar-refractivity contribution in [2.75, 3.05) is 24.6 Å². The molecule has 0 bridgehead atoms. The van der Waals surface area contributed by atoms with Crippen molar-refractivity contribution in [1.29, 1.82) is 0 Å². The Labute approximate surface area is 140 Å². The first kappa shape index (κ1) is 14.9. The number of nitrogens with zero attached hydrogens (tertiary/aromatic N) is 1. The van der Waals surface area contributed by atoms with E-state index in [0.717, 1.165) is 41.2 Å². The van der Waals surface area contributed by atoms with Gasteiger partial charge in [0.2, 0.25) is 0 Å². The Hall–Kier alpha value is -0.980. The maximum atomic E-state index is 6.03. The zero-order chi connectivity index (χ0) is 14.8. The van der Waals surface area contributed by atoms with Crippen LogP contribution >= 0.6 is 31.9 Å². The van der Waals surface area contributed by atoms with Gasteiger partial charge in [-0.1, -0.05) is 12.1 Å². The minimum absolute atomic E-state index is 0.0181. The minimum Gasteiger partial charge on any atom is -0.491 e. The second-order valence-corrected chi connectivity index (χ2v) is 6.46. The van der Waals surface area contributed by atoms with Crippen LogP contribution in [0.5, 0.6) is 5.75 Å². The molecule has 1 aliphatic rings. The first-order chi connectivity index (χ1) is 10.2. The third-order valence-electron chi connectivity index (χ3n) is 3.57. The van der Waals surface area contributed by atoms with Crippen molar-refractivity contribution >= 4 is 37.5 Å². The van der Waals surface area contributed by atoms with E-state index >= 15 is 0 Å². The molecule has 1 aliphatic heterocycles. The smallest absolute Gasteiger partial charge is 0.183 e. The van der Waals surface area contributed by atoms with Gasteiger partial charge in [-0.15, -0.1) is 0 Å². The van der Waals surface area contributed by atoms with Gasteiger partial charge in [-0.25, -0.2) is 0 Å². The number of rotatable bonds is 3. The van der Waals surface area contributed by atoms with Crippen LogP contribution in [0.4, 0.5) is 5.69 Å². The molecular formula is C15H16Br2N2O2. The van der Waals surface area contributed by atoms with Crippen LogP contribution in [0.2, 0.25) is 0 Å². The molecular weight excluding hydrogens is 400 g/mol. The molecule has 0 saturated carbocycles. The monoisotopic (exact) mass is 414 g/mol. The molecule has 1 aromatic carbocycles. The van der Waals surface area contributed by atoms with Crippen LogP contribution in [0.25, 0.3) is 0 Å². The topological polar surface area (TPSA) is 51.6 Å². The largest absolute Gasteiger partial charge is 0.491 e. The van der Waals surface area contributed by atoms with E-state index < -0.39 is 0 Å². The van der Waals surface area contributed by atoms with Crippen LogP contribution in [0.3, 0.4) is 0 Å². The molecule has 0 spiro atoms. The van der Waals surface area contributed by atoms with Crippen molar-refractivity contribution in [3.8, 4) is 5.75 Å². The number of hydrogen-bond donors (Lipinski definition) is 1. The summed E-state index contributed by atoms with van der Waals surface area (Å²) in [5, 5.41) is 0. The van der Waals surface area contributed by atoms with Crippen molar-refractivity contribution in [1.82, 2.24) is 0 Å². The van der Waals surface area contributed by atoms with Crippen molar-refractivity contribution in [3.05, 3.63) is 45.2 Å². The summed E-state index contributed by atoms with van der Waals surface area (Å²) >= 11 is 6.85. The van der Waals surface area contributed by atoms with E-state index in [0.29, 0.717) is 11.2 Å². The van der Waals surface area contributed by atoms with Crippen LogP contribution in [0.15, 0.2) is 43.9 Å². The summed E-state index contributed by atoms with van der Waals surface area (Å²) in [5.74, 6) is 1.74. The van der Waals surface area contributed by atoms with Gasteiger partial charge in [0.1, 0.15) is 11.5 Å². The summed E-state index contributed by atoms with van der Waals surface area (Å²) < 4.78 is 13.2. The molecule has 21 heavy (non-hydrogen) atoms. The zero-order valence-corrected chi connectivity index (χ0v) is 14.6. The fourth-order valence-corrected chi connectivity index (χ4v) is 3.21. The average molecular weight is 416 g/mol. The van der Waals surface area contributed by atoms with Crippen molar-refractivity contribution < 1.29 is 9.15 Å². The number of furan rings is 1. The normalized spacial score (nSPS) is 16.0. The average Bonchev–Trinajstić information content (AvgIpc) is 2.71. The van der Waals surface area contributed by atoms with Gasteiger partial charge in [-0.2, -0.15) is 0 Å². The van der Waals surface area contributed by atoms with Gasteiger partial charge in [0.25, 0.3) is 0 Å². The van der Waals surface area contributed by atoms with Gasteiger partial charge in [-0.3, -0.25) is 0 Å². The molecule has 0 aliphatic carbocycles. The van der Waals surface area contributed by atoms with Crippen molar-refractivity contribution in [2.45, 2.75) is 12.5 Å². The van der Waals surface area contributed by atoms with E-state index in [9.17, 15) is 0 Å². The number of para-hydroxylation sites is 2. The highest BCUT2D eigenvalue weighted by Gasteiger charge is 2.27. The molecule has 0 amide bonds. The minimum atomic E-state index is -0.0181. The van der Waals surface area contributed by atoms with Gasteiger partial charge < -0.3 is 19.8 Å². The van der Waals surface area contributed by atoms with E-state index in [1.165, 1.54) is 0 Å². The molecule has 112 valence electrons. The Morgan fingerprint density at radius 2 is 2.10 bits per heavy atom. The Kier molecular flexibility index (Phi) is 4.57. The molecule has 2 N–H and O–H groups in total. The molecule has 1 aromatic heterocycles. The third kappa shape index (κ3) is 2.98. The highest BCUT2D eigenvalue weighted by molar-refractivity contribution is 9.13. The SMILES string of the molecule is NCC(c1cc(Br)c(Br)o1)N1CCCOc2ccccc21. The Bertz CT molecular complexity index is 610. The number of hydrogen-bond acceptors (Lipinski definition) is 4. The van der Waals surface area contributed by atoms with Crippen LogP contribution in [0.1, 0.15) is 18.2 Å². The first-order valence-corrected chi connectivity index (χ1v) is 8.42. The summed E-state index contributed by atoms with van der Waals surface area (Å²) in [6.45, 7) is 2.08. The molecule has 4 nitrogen and oxygen atoms in total. The molecule has 2 aromatic rings. The number of halogens is 2. The molecule has 0 radical (unpaired) electrons. The summed E-state index contributed by atoms with van der Waals surface area (Å²) in [5.41, 5.74) is 7.09.